The number of rotatable bonds is 4. The molecule has 1 unspecified atom stereocenters. The number of hydrogen-bond acceptors (Lipinski definition) is 4. The molecule has 2 heterocycles. The van der Waals surface area contributed by atoms with Gasteiger partial charge in [-0.25, -0.2) is 9.78 Å². The van der Waals surface area contributed by atoms with Crippen LogP contribution in [-0.2, 0) is 9.53 Å². The number of carboxylic acids is 1. The second kappa shape index (κ2) is 6.26. The minimum atomic E-state index is -0.955. The van der Waals surface area contributed by atoms with E-state index in [1.165, 1.54) is 0 Å². The summed E-state index contributed by atoms with van der Waals surface area (Å²) in [7, 11) is 1.75. The Morgan fingerprint density at radius 3 is 2.95 bits per heavy atom. The van der Waals surface area contributed by atoms with Crippen molar-refractivity contribution in [3.05, 3.63) is 29.5 Å². The Balaban J connectivity index is 2.19. The molecular formula is C16H22N2O3. The average molecular weight is 290 g/mol. The van der Waals surface area contributed by atoms with Gasteiger partial charge < -0.3 is 14.7 Å². The molecule has 0 aliphatic carbocycles. The number of aliphatic carboxylic acids is 1. The summed E-state index contributed by atoms with van der Waals surface area (Å²) in [4.78, 5) is 17.3. The molecule has 1 fully saturated rings. The lowest BCUT2D eigenvalue weighted by molar-refractivity contribution is -0.131. The predicted molar refractivity (Wildman–Crippen MR) is 82.5 cm³/mol. The summed E-state index contributed by atoms with van der Waals surface area (Å²) in [5.74, 6) is -0.00549. The molecule has 1 atom stereocenters. The molecular weight excluding hydrogens is 268 g/mol. The van der Waals surface area contributed by atoms with Gasteiger partial charge in [0.25, 0.3) is 0 Å². The summed E-state index contributed by atoms with van der Waals surface area (Å²) in [5.41, 5.74) is 1.71. The molecule has 1 aliphatic heterocycles. The summed E-state index contributed by atoms with van der Waals surface area (Å²) >= 11 is 0. The molecule has 114 valence electrons. The van der Waals surface area contributed by atoms with E-state index >= 15 is 0 Å². The minimum absolute atomic E-state index is 0.131. The number of methoxy groups -OCH3 is 1. The Hall–Kier alpha value is -1.88. The Bertz CT molecular complexity index is 556. The van der Waals surface area contributed by atoms with Crippen molar-refractivity contribution < 1.29 is 14.6 Å². The molecule has 0 bridgehead atoms. The maximum atomic E-state index is 10.5. The smallest absolute Gasteiger partial charge is 0.328 e. The van der Waals surface area contributed by atoms with Crippen molar-refractivity contribution in [3.8, 4) is 0 Å². The maximum Gasteiger partial charge on any atom is 0.328 e. The molecule has 1 N–H and O–H groups in total. The normalized spacial score (nSPS) is 22.7. The van der Waals surface area contributed by atoms with E-state index in [4.69, 9.17) is 9.84 Å². The van der Waals surface area contributed by atoms with E-state index in [2.05, 4.69) is 16.8 Å². The fourth-order valence-corrected chi connectivity index (χ4v) is 2.73. The third-order valence-corrected chi connectivity index (χ3v) is 3.94. The van der Waals surface area contributed by atoms with Gasteiger partial charge in [-0.05, 0) is 50.0 Å². The zero-order valence-corrected chi connectivity index (χ0v) is 12.8. The van der Waals surface area contributed by atoms with Crippen LogP contribution in [0.5, 0.6) is 0 Å². The van der Waals surface area contributed by atoms with Gasteiger partial charge in [0.15, 0.2) is 0 Å². The molecule has 2 rings (SSSR count). The van der Waals surface area contributed by atoms with E-state index in [9.17, 15) is 4.79 Å². The fraction of sp³-hybridized carbons (Fsp3) is 0.500. The van der Waals surface area contributed by atoms with Crippen LogP contribution < -0.4 is 4.90 Å². The zero-order chi connectivity index (χ0) is 15.5. The molecule has 0 saturated carbocycles. The van der Waals surface area contributed by atoms with Gasteiger partial charge >= 0.3 is 5.97 Å². The Morgan fingerprint density at radius 2 is 2.33 bits per heavy atom. The first-order chi connectivity index (χ1) is 9.93. The number of carboxylic acid groups (broad SMARTS) is 1. The molecule has 0 aromatic carbocycles. The van der Waals surface area contributed by atoms with Crippen molar-refractivity contribution in [2.45, 2.75) is 32.3 Å². The lowest BCUT2D eigenvalue weighted by Gasteiger charge is -2.40. The summed E-state index contributed by atoms with van der Waals surface area (Å²) in [6, 6.07) is 1.96. The van der Waals surface area contributed by atoms with Crippen LogP contribution >= 0.6 is 0 Å². The number of anilines is 1. The Labute approximate surface area is 125 Å². The lowest BCUT2D eigenvalue weighted by Crippen LogP contribution is -2.48. The van der Waals surface area contributed by atoms with Crippen molar-refractivity contribution in [2.24, 2.45) is 0 Å². The van der Waals surface area contributed by atoms with E-state index in [1.54, 1.807) is 19.4 Å². The summed E-state index contributed by atoms with van der Waals surface area (Å²) in [6.45, 7) is 5.91. The average Bonchev–Trinajstić information content (AvgIpc) is 2.45. The van der Waals surface area contributed by atoms with Crippen LogP contribution in [0.4, 0.5) is 5.82 Å². The molecule has 1 aromatic heterocycles. The molecule has 0 amide bonds. The Kier molecular flexibility index (Phi) is 4.63. The standard InChI is InChI=1S/C16H22N2O3/c1-12-9-13(5-6-14(19)20)10-17-15(12)18-8-4-7-16(2,11-18)21-3/h5-6,9-10H,4,7-8,11H2,1-3H3,(H,19,20)/b6-5+. The number of nitrogens with zero attached hydrogens (tertiary/aromatic N) is 2. The van der Waals surface area contributed by atoms with Gasteiger partial charge in [0.05, 0.1) is 5.60 Å². The minimum Gasteiger partial charge on any atom is -0.478 e. The van der Waals surface area contributed by atoms with Gasteiger partial charge in [-0.2, -0.15) is 0 Å². The number of piperidine rings is 1. The zero-order valence-electron chi connectivity index (χ0n) is 12.8. The molecule has 1 saturated heterocycles. The topological polar surface area (TPSA) is 62.7 Å². The highest BCUT2D eigenvalue weighted by atomic mass is 16.5. The molecule has 0 spiro atoms. The number of aromatic nitrogens is 1. The van der Waals surface area contributed by atoms with E-state index in [0.29, 0.717) is 0 Å². The van der Waals surface area contributed by atoms with Crippen molar-refractivity contribution in [2.75, 3.05) is 25.1 Å². The summed E-state index contributed by atoms with van der Waals surface area (Å²) < 4.78 is 5.61. The molecule has 1 aromatic rings. The van der Waals surface area contributed by atoms with Crippen LogP contribution in [0.25, 0.3) is 6.08 Å². The first-order valence-corrected chi connectivity index (χ1v) is 7.11. The van der Waals surface area contributed by atoms with Crippen LogP contribution in [-0.4, -0.2) is 41.9 Å². The molecule has 21 heavy (non-hydrogen) atoms. The number of carbonyl (C=O) groups is 1. The van der Waals surface area contributed by atoms with Crippen LogP contribution in [0.2, 0.25) is 0 Å². The highest BCUT2D eigenvalue weighted by molar-refractivity contribution is 5.85. The van der Waals surface area contributed by atoms with E-state index < -0.39 is 5.97 Å². The summed E-state index contributed by atoms with van der Waals surface area (Å²) in [5, 5.41) is 8.66. The number of aryl methyl sites for hydroxylation is 1. The number of ether oxygens (including phenoxy) is 1. The van der Waals surface area contributed by atoms with Gasteiger partial charge in [-0.3, -0.25) is 0 Å². The van der Waals surface area contributed by atoms with Gasteiger partial charge in [0.1, 0.15) is 5.82 Å². The van der Waals surface area contributed by atoms with Crippen LogP contribution in [0.3, 0.4) is 0 Å². The SMILES string of the molecule is COC1(C)CCCN(c2ncc(/C=C/C(=O)O)cc2C)C1. The third kappa shape index (κ3) is 3.82. The molecule has 5 heteroatoms. The van der Waals surface area contributed by atoms with Crippen molar-refractivity contribution in [1.29, 1.82) is 0 Å². The predicted octanol–water partition coefficient (Wildman–Crippen LogP) is 2.49. The highest BCUT2D eigenvalue weighted by Crippen LogP contribution is 2.28. The molecule has 1 aliphatic rings. The number of hydrogen-bond donors (Lipinski definition) is 1. The van der Waals surface area contributed by atoms with Gasteiger partial charge in [-0.1, -0.05) is 0 Å². The summed E-state index contributed by atoms with van der Waals surface area (Å²) in [6.07, 6.45) is 6.52. The van der Waals surface area contributed by atoms with E-state index in [0.717, 1.165) is 49.0 Å². The fourth-order valence-electron chi connectivity index (χ4n) is 2.73. The van der Waals surface area contributed by atoms with Crippen LogP contribution in [0.1, 0.15) is 30.9 Å². The highest BCUT2D eigenvalue weighted by Gasteiger charge is 2.31. The maximum absolute atomic E-state index is 10.5. The van der Waals surface area contributed by atoms with Gasteiger partial charge in [0.2, 0.25) is 0 Å². The first kappa shape index (κ1) is 15.5. The second-order valence-electron chi connectivity index (χ2n) is 5.76. The monoisotopic (exact) mass is 290 g/mol. The van der Waals surface area contributed by atoms with E-state index in [1.807, 2.05) is 13.0 Å². The first-order valence-electron chi connectivity index (χ1n) is 7.11. The third-order valence-electron chi connectivity index (χ3n) is 3.94. The quantitative estimate of drug-likeness (QED) is 0.863. The van der Waals surface area contributed by atoms with Gasteiger partial charge in [0, 0.05) is 32.5 Å². The van der Waals surface area contributed by atoms with Gasteiger partial charge in [-0.15, -0.1) is 0 Å². The van der Waals surface area contributed by atoms with E-state index in [-0.39, 0.29) is 5.60 Å². The molecule has 5 nitrogen and oxygen atoms in total. The Morgan fingerprint density at radius 1 is 1.57 bits per heavy atom. The van der Waals surface area contributed by atoms with Crippen LogP contribution in [0.15, 0.2) is 18.3 Å². The van der Waals surface area contributed by atoms with Crippen LogP contribution in [0, 0.1) is 6.92 Å². The number of pyridine rings is 1. The van der Waals surface area contributed by atoms with Crippen molar-refractivity contribution >= 4 is 17.9 Å². The second-order valence-corrected chi connectivity index (χ2v) is 5.76. The lowest BCUT2D eigenvalue weighted by atomic mass is 9.94. The largest absolute Gasteiger partial charge is 0.478 e. The van der Waals surface area contributed by atoms with Crippen molar-refractivity contribution in [3.63, 3.8) is 0 Å². The molecule has 0 radical (unpaired) electrons. The van der Waals surface area contributed by atoms with Crippen molar-refractivity contribution in [1.82, 2.24) is 4.98 Å².